The molecule has 34 heavy (non-hydrogen) atoms. The molecule has 0 fully saturated rings. The first-order valence-electron chi connectivity index (χ1n) is 11.3. The lowest BCUT2D eigenvalue weighted by atomic mass is 9.95. The Balaban J connectivity index is 3.37. The van der Waals surface area contributed by atoms with E-state index in [-0.39, 0.29) is 19.0 Å². The van der Waals surface area contributed by atoms with E-state index in [2.05, 4.69) is 21.9 Å². The predicted octanol–water partition coefficient (Wildman–Crippen LogP) is 2.97. The second-order valence-electron chi connectivity index (χ2n) is 8.90. The van der Waals surface area contributed by atoms with E-state index in [4.69, 9.17) is 4.74 Å². The first kappa shape index (κ1) is 28.7. The number of hydrogen-bond donors (Lipinski definition) is 2. The summed E-state index contributed by atoms with van der Waals surface area (Å²) in [5.41, 5.74) is -0.200. The Labute approximate surface area is 201 Å². The van der Waals surface area contributed by atoms with Crippen molar-refractivity contribution in [1.82, 2.24) is 15.5 Å². The van der Waals surface area contributed by atoms with E-state index >= 15 is 0 Å². The fourth-order valence-corrected chi connectivity index (χ4v) is 3.19. The summed E-state index contributed by atoms with van der Waals surface area (Å²) in [5, 5.41) is 5.20. The molecule has 3 unspecified atom stereocenters. The van der Waals surface area contributed by atoms with E-state index in [0.29, 0.717) is 12.0 Å². The maximum absolute atomic E-state index is 13.8. The Hall–Kier alpha value is -3.36. The highest BCUT2D eigenvalue weighted by molar-refractivity contribution is 5.93. The molecule has 0 radical (unpaired) electrons. The lowest BCUT2D eigenvalue weighted by Crippen LogP contribution is -2.55. The molecule has 0 aliphatic rings. The lowest BCUT2D eigenvalue weighted by molar-refractivity contribution is -0.144. The van der Waals surface area contributed by atoms with Crippen LogP contribution in [0.25, 0.3) is 0 Å². The molecule has 1 rings (SSSR count). The number of benzene rings is 1. The first-order valence-corrected chi connectivity index (χ1v) is 11.3. The van der Waals surface area contributed by atoms with Gasteiger partial charge in [-0.2, -0.15) is 0 Å². The number of rotatable bonds is 11. The zero-order valence-corrected chi connectivity index (χ0v) is 20.9. The Kier molecular flexibility index (Phi) is 11.3. The summed E-state index contributed by atoms with van der Waals surface area (Å²) in [7, 11) is 1.22. The number of amides is 3. The molecule has 0 saturated carbocycles. The number of carbonyl (C=O) groups excluding carboxylic acids is 4. The summed E-state index contributed by atoms with van der Waals surface area (Å²) in [6.07, 6.45) is 1.37. The topological polar surface area (TPSA) is 114 Å². The van der Waals surface area contributed by atoms with Crippen molar-refractivity contribution in [2.75, 3.05) is 20.2 Å². The van der Waals surface area contributed by atoms with Gasteiger partial charge in [0.1, 0.15) is 24.2 Å². The maximum Gasteiger partial charge on any atom is 0.408 e. The summed E-state index contributed by atoms with van der Waals surface area (Å²) in [4.78, 5) is 52.4. The van der Waals surface area contributed by atoms with Crippen LogP contribution in [0.3, 0.4) is 0 Å². The van der Waals surface area contributed by atoms with Crippen molar-refractivity contribution >= 4 is 23.9 Å². The molecule has 0 spiro atoms. The maximum atomic E-state index is 13.8. The van der Waals surface area contributed by atoms with Gasteiger partial charge in [0, 0.05) is 6.54 Å². The molecule has 188 valence electrons. The van der Waals surface area contributed by atoms with E-state index in [9.17, 15) is 19.2 Å². The van der Waals surface area contributed by atoms with Gasteiger partial charge in [0.25, 0.3) is 0 Å². The van der Waals surface area contributed by atoms with Crippen molar-refractivity contribution in [1.29, 1.82) is 0 Å². The fourth-order valence-electron chi connectivity index (χ4n) is 3.19. The highest BCUT2D eigenvalue weighted by atomic mass is 16.6. The molecule has 0 aliphatic carbocycles. The Morgan fingerprint density at radius 3 is 2.26 bits per heavy atom. The number of nitrogens with one attached hydrogen (secondary N) is 2. The van der Waals surface area contributed by atoms with Crippen LogP contribution < -0.4 is 10.6 Å². The van der Waals surface area contributed by atoms with Gasteiger partial charge in [0.05, 0.1) is 7.11 Å². The SMILES string of the molecule is C=CCN(C(=O)C(NC(=O)OC(C)(C)C)C(C)CC)C(C(=O)NCC(=O)OC)c1ccccc1. The molecule has 3 atom stereocenters. The van der Waals surface area contributed by atoms with E-state index in [1.807, 2.05) is 13.8 Å². The van der Waals surface area contributed by atoms with Crippen LogP contribution in [0.4, 0.5) is 4.79 Å². The van der Waals surface area contributed by atoms with E-state index < -0.39 is 41.6 Å². The molecule has 1 aromatic rings. The van der Waals surface area contributed by atoms with Crippen molar-refractivity contribution in [2.45, 2.75) is 58.7 Å². The fraction of sp³-hybridized carbons (Fsp3) is 0.520. The number of nitrogens with zero attached hydrogens (tertiary/aromatic N) is 1. The second-order valence-corrected chi connectivity index (χ2v) is 8.90. The van der Waals surface area contributed by atoms with Crippen LogP contribution >= 0.6 is 0 Å². The highest BCUT2D eigenvalue weighted by Gasteiger charge is 2.37. The van der Waals surface area contributed by atoms with E-state index in [0.717, 1.165) is 0 Å². The molecule has 9 nitrogen and oxygen atoms in total. The number of methoxy groups -OCH3 is 1. The predicted molar refractivity (Wildman–Crippen MR) is 129 cm³/mol. The third-order valence-corrected chi connectivity index (χ3v) is 5.07. The number of alkyl carbamates (subject to hydrolysis) is 1. The van der Waals surface area contributed by atoms with Gasteiger partial charge in [0.2, 0.25) is 11.8 Å². The Morgan fingerprint density at radius 1 is 1.15 bits per heavy atom. The molecule has 0 aliphatic heterocycles. The van der Waals surface area contributed by atoms with Crippen LogP contribution in [0.2, 0.25) is 0 Å². The number of hydrogen-bond acceptors (Lipinski definition) is 6. The van der Waals surface area contributed by atoms with E-state index in [1.165, 1.54) is 18.1 Å². The first-order chi connectivity index (χ1) is 15.9. The van der Waals surface area contributed by atoms with Gasteiger partial charge in [-0.05, 0) is 32.3 Å². The van der Waals surface area contributed by atoms with Gasteiger partial charge >= 0.3 is 12.1 Å². The second kappa shape index (κ2) is 13.4. The largest absolute Gasteiger partial charge is 0.468 e. The molecule has 9 heteroatoms. The number of esters is 1. The van der Waals surface area contributed by atoms with Gasteiger partial charge in [-0.3, -0.25) is 14.4 Å². The summed E-state index contributed by atoms with van der Waals surface area (Å²) < 4.78 is 9.95. The molecule has 0 heterocycles. The zero-order valence-electron chi connectivity index (χ0n) is 20.9. The summed E-state index contributed by atoms with van der Waals surface area (Å²) in [6, 6.07) is 6.70. The quantitative estimate of drug-likeness (QED) is 0.376. The van der Waals surface area contributed by atoms with E-state index in [1.54, 1.807) is 51.1 Å². The lowest BCUT2D eigenvalue weighted by Gasteiger charge is -2.35. The molecule has 0 aromatic heterocycles. The normalized spacial score (nSPS) is 13.6. The average Bonchev–Trinajstić information content (AvgIpc) is 2.79. The van der Waals surface area contributed by atoms with Gasteiger partial charge in [0.15, 0.2) is 0 Å². The molecule has 1 aromatic carbocycles. The van der Waals surface area contributed by atoms with Crippen molar-refractivity contribution in [3.8, 4) is 0 Å². The van der Waals surface area contributed by atoms with Crippen molar-refractivity contribution in [2.24, 2.45) is 5.92 Å². The summed E-state index contributed by atoms with van der Waals surface area (Å²) >= 11 is 0. The zero-order chi connectivity index (χ0) is 25.9. The van der Waals surface area contributed by atoms with Crippen molar-refractivity contribution in [3.63, 3.8) is 0 Å². The van der Waals surface area contributed by atoms with Crippen LogP contribution in [0.5, 0.6) is 0 Å². The van der Waals surface area contributed by atoms with Crippen LogP contribution in [0, 0.1) is 5.92 Å². The monoisotopic (exact) mass is 475 g/mol. The minimum absolute atomic E-state index is 0.0347. The van der Waals surface area contributed by atoms with Gasteiger partial charge < -0.3 is 25.0 Å². The van der Waals surface area contributed by atoms with Crippen LogP contribution in [0.15, 0.2) is 43.0 Å². The summed E-state index contributed by atoms with van der Waals surface area (Å²) in [6.45, 7) is 12.3. The smallest absolute Gasteiger partial charge is 0.408 e. The van der Waals surface area contributed by atoms with Crippen molar-refractivity contribution in [3.05, 3.63) is 48.6 Å². The molecule has 0 saturated heterocycles. The van der Waals surface area contributed by atoms with Crippen molar-refractivity contribution < 1.29 is 28.7 Å². The van der Waals surface area contributed by atoms with Gasteiger partial charge in [-0.25, -0.2) is 4.79 Å². The highest BCUT2D eigenvalue weighted by Crippen LogP contribution is 2.24. The summed E-state index contributed by atoms with van der Waals surface area (Å²) in [5.74, 6) is -1.90. The van der Waals surface area contributed by atoms with Gasteiger partial charge in [-0.15, -0.1) is 6.58 Å². The Morgan fingerprint density at radius 2 is 1.76 bits per heavy atom. The molecule has 3 amide bonds. The molecular formula is C25H37N3O6. The van der Waals surface area contributed by atoms with Crippen LogP contribution in [0.1, 0.15) is 52.6 Å². The molecule has 0 bridgehead atoms. The minimum atomic E-state index is -1.07. The standard InChI is InChI=1S/C25H37N3O6/c1-8-15-28(23(31)20(17(3)9-2)27-24(32)34-25(4,5)6)21(18-13-11-10-12-14-18)22(30)26-16-19(29)33-7/h8,10-14,17,20-21H,1,9,15-16H2,2-7H3,(H,26,30)(H,27,32). The molecular weight excluding hydrogens is 438 g/mol. The minimum Gasteiger partial charge on any atom is -0.468 e. The third-order valence-electron chi connectivity index (χ3n) is 5.07. The number of carbonyl (C=O) groups is 4. The van der Waals surface area contributed by atoms with Crippen LogP contribution in [-0.4, -0.2) is 60.6 Å². The van der Waals surface area contributed by atoms with Gasteiger partial charge in [-0.1, -0.05) is 56.7 Å². The molecule has 2 N–H and O–H groups in total. The average molecular weight is 476 g/mol. The van der Waals surface area contributed by atoms with Crippen LogP contribution in [-0.2, 0) is 23.9 Å². The number of ether oxygens (including phenoxy) is 2. The Bertz CT molecular complexity index is 850. The third kappa shape index (κ3) is 8.88.